The lowest BCUT2D eigenvalue weighted by atomic mass is 9.81. The summed E-state index contributed by atoms with van der Waals surface area (Å²) in [6.07, 6.45) is 5.40. The highest BCUT2D eigenvalue weighted by molar-refractivity contribution is 6.29. The summed E-state index contributed by atoms with van der Waals surface area (Å²) in [6, 6.07) is 1.99. The van der Waals surface area contributed by atoms with Crippen LogP contribution in [0.5, 0.6) is 0 Å². The number of anilines is 1. The van der Waals surface area contributed by atoms with E-state index in [9.17, 15) is 9.59 Å². The van der Waals surface area contributed by atoms with Gasteiger partial charge in [-0.15, -0.1) is 0 Å². The van der Waals surface area contributed by atoms with E-state index in [-0.39, 0.29) is 34.7 Å². The average molecular weight is 369 g/mol. The van der Waals surface area contributed by atoms with Crippen molar-refractivity contribution in [3.63, 3.8) is 0 Å². The standard InChI is InChI=1S/C17H25ClN4O3/c1-21(17-19-14(18)10-15(23)20-17)13-8-11-4-3-5-12(9-13)22(11)16(24)6-7-25-2/h10-13H,3-9H2,1-2H3,(H,19,20,23)/t11-,12+,13?. The lowest BCUT2D eigenvalue weighted by molar-refractivity contribution is -0.142. The van der Waals surface area contributed by atoms with Crippen molar-refractivity contribution in [2.45, 2.75) is 56.7 Å². The van der Waals surface area contributed by atoms with Crippen LogP contribution < -0.4 is 10.5 Å². The van der Waals surface area contributed by atoms with E-state index in [1.807, 2.05) is 11.9 Å². The van der Waals surface area contributed by atoms with Crippen molar-refractivity contribution in [2.75, 3.05) is 25.7 Å². The van der Waals surface area contributed by atoms with Crippen molar-refractivity contribution in [1.29, 1.82) is 0 Å². The molecule has 8 heteroatoms. The van der Waals surface area contributed by atoms with Gasteiger partial charge in [0.2, 0.25) is 11.9 Å². The zero-order chi connectivity index (χ0) is 18.0. The van der Waals surface area contributed by atoms with Crippen molar-refractivity contribution in [3.8, 4) is 0 Å². The zero-order valence-electron chi connectivity index (χ0n) is 14.7. The molecule has 3 atom stereocenters. The van der Waals surface area contributed by atoms with Crippen LogP contribution >= 0.6 is 11.6 Å². The van der Waals surface area contributed by atoms with Crippen LogP contribution in [0.25, 0.3) is 0 Å². The van der Waals surface area contributed by atoms with Gasteiger partial charge in [-0.25, -0.2) is 4.98 Å². The van der Waals surface area contributed by atoms with Crippen molar-refractivity contribution < 1.29 is 9.53 Å². The summed E-state index contributed by atoms with van der Waals surface area (Å²) in [7, 11) is 3.55. The lowest BCUT2D eigenvalue weighted by Gasteiger charge is -2.50. The summed E-state index contributed by atoms with van der Waals surface area (Å²) in [6.45, 7) is 0.464. The molecular formula is C17H25ClN4O3. The number of piperidine rings is 2. The molecule has 1 aromatic heterocycles. The molecule has 0 aliphatic carbocycles. The molecule has 25 heavy (non-hydrogen) atoms. The van der Waals surface area contributed by atoms with Gasteiger partial charge in [-0.3, -0.25) is 14.6 Å². The maximum absolute atomic E-state index is 12.6. The monoisotopic (exact) mass is 368 g/mol. The Morgan fingerprint density at radius 1 is 1.44 bits per heavy atom. The van der Waals surface area contributed by atoms with Gasteiger partial charge in [-0.2, -0.15) is 0 Å². The normalized spacial score (nSPS) is 25.7. The largest absolute Gasteiger partial charge is 0.384 e. The van der Waals surface area contributed by atoms with Crippen molar-refractivity contribution in [2.24, 2.45) is 0 Å². The van der Waals surface area contributed by atoms with Crippen molar-refractivity contribution >= 4 is 23.5 Å². The van der Waals surface area contributed by atoms with E-state index in [2.05, 4.69) is 14.9 Å². The molecular weight excluding hydrogens is 344 g/mol. The fourth-order valence-corrected chi connectivity index (χ4v) is 4.33. The molecule has 2 saturated heterocycles. The number of carbonyl (C=O) groups is 1. The van der Waals surface area contributed by atoms with Crippen LogP contribution in [0.2, 0.25) is 5.15 Å². The maximum Gasteiger partial charge on any atom is 0.253 e. The third-order valence-electron chi connectivity index (χ3n) is 5.34. The van der Waals surface area contributed by atoms with E-state index < -0.39 is 0 Å². The smallest absolute Gasteiger partial charge is 0.253 e. The third-order valence-corrected chi connectivity index (χ3v) is 5.53. The molecule has 0 spiro atoms. The van der Waals surface area contributed by atoms with Crippen LogP contribution in [-0.2, 0) is 9.53 Å². The van der Waals surface area contributed by atoms with Gasteiger partial charge in [0, 0.05) is 38.3 Å². The zero-order valence-corrected chi connectivity index (χ0v) is 15.5. The summed E-state index contributed by atoms with van der Waals surface area (Å²) in [4.78, 5) is 35.3. The highest BCUT2D eigenvalue weighted by atomic mass is 35.5. The molecule has 1 amide bonds. The molecule has 0 aromatic carbocycles. The quantitative estimate of drug-likeness (QED) is 0.802. The van der Waals surface area contributed by atoms with E-state index >= 15 is 0 Å². The number of carbonyl (C=O) groups excluding carboxylic acids is 1. The second-order valence-corrected chi connectivity index (χ2v) is 7.30. The van der Waals surface area contributed by atoms with Crippen molar-refractivity contribution in [3.05, 3.63) is 21.6 Å². The second kappa shape index (κ2) is 7.74. The first-order chi connectivity index (χ1) is 12.0. The number of H-pyrrole nitrogens is 1. The molecule has 2 bridgehead atoms. The van der Waals surface area contributed by atoms with Crippen LogP contribution in [0.3, 0.4) is 0 Å². The molecule has 138 valence electrons. The van der Waals surface area contributed by atoms with Gasteiger partial charge in [0.25, 0.3) is 5.56 Å². The minimum Gasteiger partial charge on any atom is -0.384 e. The molecule has 2 fully saturated rings. The summed E-state index contributed by atoms with van der Waals surface area (Å²) in [5, 5.41) is 0.193. The number of rotatable bonds is 5. The van der Waals surface area contributed by atoms with Gasteiger partial charge >= 0.3 is 0 Å². The van der Waals surface area contributed by atoms with Gasteiger partial charge in [0.1, 0.15) is 5.15 Å². The Hall–Kier alpha value is -1.60. The Morgan fingerprint density at radius 2 is 2.12 bits per heavy atom. The number of ether oxygens (including phenoxy) is 1. The molecule has 3 rings (SSSR count). The van der Waals surface area contributed by atoms with Crippen molar-refractivity contribution in [1.82, 2.24) is 14.9 Å². The van der Waals surface area contributed by atoms with E-state index in [1.165, 1.54) is 6.07 Å². The molecule has 1 unspecified atom stereocenters. The molecule has 1 N–H and O–H groups in total. The fourth-order valence-electron chi connectivity index (χ4n) is 4.15. The molecule has 0 radical (unpaired) electrons. The third kappa shape index (κ3) is 3.98. The second-order valence-electron chi connectivity index (χ2n) is 6.91. The predicted molar refractivity (Wildman–Crippen MR) is 96.1 cm³/mol. The minimum absolute atomic E-state index is 0.187. The molecule has 1 aromatic rings. The average Bonchev–Trinajstić information content (AvgIpc) is 2.57. The number of hydrogen-bond acceptors (Lipinski definition) is 5. The van der Waals surface area contributed by atoms with Gasteiger partial charge in [-0.05, 0) is 32.1 Å². The van der Waals surface area contributed by atoms with E-state index in [0.717, 1.165) is 32.1 Å². The molecule has 3 heterocycles. The predicted octanol–water partition coefficient (Wildman–Crippen LogP) is 1.81. The molecule has 2 aliphatic rings. The first-order valence-electron chi connectivity index (χ1n) is 8.79. The number of fused-ring (bicyclic) bond motifs is 2. The van der Waals surface area contributed by atoms with Crippen LogP contribution in [0.4, 0.5) is 5.95 Å². The maximum atomic E-state index is 12.6. The molecule has 2 aliphatic heterocycles. The van der Waals surface area contributed by atoms with E-state index in [0.29, 0.717) is 19.0 Å². The Morgan fingerprint density at radius 3 is 2.72 bits per heavy atom. The summed E-state index contributed by atoms with van der Waals surface area (Å²) in [5.74, 6) is 0.673. The van der Waals surface area contributed by atoms with Gasteiger partial charge in [0.15, 0.2) is 0 Å². The SMILES string of the molecule is COCCC(=O)N1[C@@H]2CCC[C@H]1CC(N(C)c1nc(Cl)cc(=O)[nH]1)C2. The summed E-state index contributed by atoms with van der Waals surface area (Å²) >= 11 is 5.92. The first kappa shape index (κ1) is 18.2. The van der Waals surface area contributed by atoms with Crippen LogP contribution in [-0.4, -0.2) is 59.7 Å². The minimum atomic E-state index is -0.255. The lowest BCUT2D eigenvalue weighted by Crippen LogP contribution is -2.58. The Bertz CT molecular complexity index is 666. The molecule has 7 nitrogen and oxygen atoms in total. The Balaban J connectivity index is 1.74. The Labute approximate surface area is 152 Å². The molecule has 0 saturated carbocycles. The number of methoxy groups -OCH3 is 1. The number of aromatic nitrogens is 2. The summed E-state index contributed by atoms with van der Waals surface area (Å²) in [5.41, 5.74) is -0.255. The Kier molecular flexibility index (Phi) is 5.64. The van der Waals surface area contributed by atoms with E-state index in [1.54, 1.807) is 7.11 Å². The van der Waals surface area contributed by atoms with Gasteiger partial charge in [0.05, 0.1) is 13.0 Å². The first-order valence-corrected chi connectivity index (χ1v) is 9.17. The van der Waals surface area contributed by atoms with E-state index in [4.69, 9.17) is 16.3 Å². The van der Waals surface area contributed by atoms with Crippen LogP contribution in [0, 0.1) is 0 Å². The van der Waals surface area contributed by atoms with Gasteiger partial charge in [-0.1, -0.05) is 11.6 Å². The number of nitrogens with zero attached hydrogens (tertiary/aromatic N) is 3. The topological polar surface area (TPSA) is 78.5 Å². The number of halogens is 1. The fraction of sp³-hybridized carbons (Fsp3) is 0.706. The number of amides is 1. The van der Waals surface area contributed by atoms with Crippen LogP contribution in [0.1, 0.15) is 38.5 Å². The van der Waals surface area contributed by atoms with Gasteiger partial charge < -0.3 is 14.5 Å². The summed E-state index contributed by atoms with van der Waals surface area (Å²) < 4.78 is 5.05. The highest BCUT2D eigenvalue weighted by Gasteiger charge is 2.41. The van der Waals surface area contributed by atoms with Crippen LogP contribution in [0.15, 0.2) is 10.9 Å². The number of aromatic amines is 1. The highest BCUT2D eigenvalue weighted by Crippen LogP contribution is 2.36. The number of hydrogen-bond donors (Lipinski definition) is 1. The number of nitrogens with one attached hydrogen (secondary N) is 1.